The van der Waals surface area contributed by atoms with Crippen molar-refractivity contribution >= 4 is 17.2 Å². The van der Waals surface area contributed by atoms with Gasteiger partial charge in [0.2, 0.25) is 0 Å². The highest BCUT2D eigenvalue weighted by Crippen LogP contribution is 2.25. The number of carbonyl (C=O) groups excluding carboxylic acids is 1. The third-order valence-corrected chi connectivity index (χ3v) is 5.29. The van der Waals surface area contributed by atoms with Crippen molar-refractivity contribution in [1.82, 2.24) is 5.32 Å². The van der Waals surface area contributed by atoms with Gasteiger partial charge in [-0.25, -0.2) is 0 Å². The van der Waals surface area contributed by atoms with Crippen molar-refractivity contribution in [3.05, 3.63) is 93.7 Å². The van der Waals surface area contributed by atoms with Crippen molar-refractivity contribution in [2.45, 2.75) is 19.5 Å². The SMILES string of the molecule is Cc1ccc(C[NH+](C)CC(=O)N[C@H](c2ccccc2)c2cccs2)cc1. The van der Waals surface area contributed by atoms with Gasteiger partial charge in [0.1, 0.15) is 6.54 Å². The summed E-state index contributed by atoms with van der Waals surface area (Å²) in [7, 11) is 2.06. The molecule has 0 spiro atoms. The molecule has 2 N–H and O–H groups in total. The number of hydrogen-bond donors (Lipinski definition) is 2. The lowest BCUT2D eigenvalue weighted by Crippen LogP contribution is -3.08. The van der Waals surface area contributed by atoms with Gasteiger partial charge in [-0.15, -0.1) is 11.3 Å². The van der Waals surface area contributed by atoms with E-state index in [0.29, 0.717) is 6.54 Å². The zero-order valence-corrected chi connectivity index (χ0v) is 16.1. The zero-order chi connectivity index (χ0) is 18.4. The van der Waals surface area contributed by atoms with Gasteiger partial charge in [-0.05, 0) is 23.9 Å². The lowest BCUT2D eigenvalue weighted by Gasteiger charge is -2.20. The van der Waals surface area contributed by atoms with Crippen LogP contribution in [0.3, 0.4) is 0 Å². The molecule has 2 atom stereocenters. The van der Waals surface area contributed by atoms with Crippen molar-refractivity contribution in [3.8, 4) is 0 Å². The highest BCUT2D eigenvalue weighted by molar-refractivity contribution is 7.10. The maximum Gasteiger partial charge on any atom is 0.275 e. The molecule has 1 heterocycles. The van der Waals surface area contributed by atoms with Crippen LogP contribution in [-0.2, 0) is 11.3 Å². The van der Waals surface area contributed by atoms with Gasteiger partial charge in [0, 0.05) is 10.4 Å². The number of benzene rings is 2. The van der Waals surface area contributed by atoms with Gasteiger partial charge in [0.15, 0.2) is 6.54 Å². The average Bonchev–Trinajstić information content (AvgIpc) is 3.17. The van der Waals surface area contributed by atoms with Crippen molar-refractivity contribution < 1.29 is 9.69 Å². The Labute approximate surface area is 159 Å². The van der Waals surface area contributed by atoms with Crippen LogP contribution in [-0.4, -0.2) is 19.5 Å². The molecular weight excluding hydrogens is 340 g/mol. The van der Waals surface area contributed by atoms with E-state index in [1.807, 2.05) is 29.6 Å². The highest BCUT2D eigenvalue weighted by Gasteiger charge is 2.19. The molecule has 3 nitrogen and oxygen atoms in total. The molecule has 0 aliphatic carbocycles. The molecule has 1 aromatic heterocycles. The highest BCUT2D eigenvalue weighted by atomic mass is 32.1. The van der Waals surface area contributed by atoms with E-state index in [1.165, 1.54) is 16.0 Å². The molecule has 0 fully saturated rings. The zero-order valence-electron chi connectivity index (χ0n) is 15.2. The van der Waals surface area contributed by atoms with Gasteiger partial charge in [-0.1, -0.05) is 66.2 Å². The third-order valence-electron chi connectivity index (χ3n) is 4.35. The molecule has 2 aromatic carbocycles. The van der Waals surface area contributed by atoms with Crippen LogP contribution < -0.4 is 10.2 Å². The Hall–Kier alpha value is -2.43. The van der Waals surface area contributed by atoms with Gasteiger partial charge in [-0.3, -0.25) is 4.79 Å². The normalized spacial score (nSPS) is 13.2. The number of likely N-dealkylation sites (N-methyl/N-ethyl adjacent to an activating group) is 1. The Morgan fingerprint density at radius 1 is 1.04 bits per heavy atom. The second-order valence-corrected chi connectivity index (χ2v) is 7.70. The Kier molecular flexibility index (Phi) is 6.21. The topological polar surface area (TPSA) is 33.5 Å². The minimum Gasteiger partial charge on any atom is -0.339 e. The van der Waals surface area contributed by atoms with Crippen molar-refractivity contribution in [2.24, 2.45) is 0 Å². The van der Waals surface area contributed by atoms with Crippen LogP contribution in [0.4, 0.5) is 0 Å². The maximum atomic E-state index is 12.6. The second-order valence-electron chi connectivity index (χ2n) is 6.72. The molecule has 0 aliphatic rings. The summed E-state index contributed by atoms with van der Waals surface area (Å²) in [6, 6.07) is 22.7. The fourth-order valence-electron chi connectivity index (χ4n) is 3.02. The number of amides is 1. The fourth-order valence-corrected chi connectivity index (χ4v) is 3.83. The van der Waals surface area contributed by atoms with Crippen LogP contribution in [0.5, 0.6) is 0 Å². The first-order valence-electron chi connectivity index (χ1n) is 8.86. The van der Waals surface area contributed by atoms with Crippen molar-refractivity contribution in [1.29, 1.82) is 0 Å². The largest absolute Gasteiger partial charge is 0.339 e. The van der Waals surface area contributed by atoms with E-state index in [0.717, 1.165) is 17.0 Å². The number of carbonyl (C=O) groups is 1. The maximum absolute atomic E-state index is 12.6. The summed E-state index contributed by atoms with van der Waals surface area (Å²) in [5, 5.41) is 5.26. The van der Waals surface area contributed by atoms with E-state index in [9.17, 15) is 4.79 Å². The van der Waals surface area contributed by atoms with Crippen LogP contribution in [0, 0.1) is 6.92 Å². The van der Waals surface area contributed by atoms with E-state index in [4.69, 9.17) is 0 Å². The predicted octanol–water partition coefficient (Wildman–Crippen LogP) is 2.98. The molecule has 0 bridgehead atoms. The predicted molar refractivity (Wildman–Crippen MR) is 107 cm³/mol. The van der Waals surface area contributed by atoms with Crippen LogP contribution in [0.15, 0.2) is 72.1 Å². The van der Waals surface area contributed by atoms with Gasteiger partial charge >= 0.3 is 0 Å². The molecule has 3 aromatic rings. The number of quaternary nitrogens is 1. The summed E-state index contributed by atoms with van der Waals surface area (Å²) < 4.78 is 0. The Morgan fingerprint density at radius 2 is 1.77 bits per heavy atom. The summed E-state index contributed by atoms with van der Waals surface area (Å²) in [5.41, 5.74) is 3.61. The summed E-state index contributed by atoms with van der Waals surface area (Å²) >= 11 is 1.67. The smallest absolute Gasteiger partial charge is 0.275 e. The summed E-state index contributed by atoms with van der Waals surface area (Å²) in [4.78, 5) is 15.0. The Balaban J connectivity index is 1.63. The number of thiophene rings is 1. The number of hydrogen-bond acceptors (Lipinski definition) is 2. The standard InChI is InChI=1S/C22H24N2OS/c1-17-10-12-18(13-11-17)15-24(2)16-21(25)23-22(20-9-6-14-26-20)19-7-4-3-5-8-19/h3-14,22H,15-16H2,1-2H3,(H,23,25)/p+1/t22-/m1/s1. The number of aryl methyl sites for hydroxylation is 1. The first-order chi connectivity index (χ1) is 12.6. The van der Waals surface area contributed by atoms with E-state index < -0.39 is 0 Å². The lowest BCUT2D eigenvalue weighted by molar-refractivity contribution is -0.885. The third kappa shape index (κ3) is 5.04. The van der Waals surface area contributed by atoms with Crippen LogP contribution in [0.2, 0.25) is 0 Å². The number of nitrogens with one attached hydrogen (secondary N) is 2. The monoisotopic (exact) mass is 365 g/mol. The minimum atomic E-state index is -0.0872. The van der Waals surface area contributed by atoms with Gasteiger partial charge < -0.3 is 10.2 Å². The van der Waals surface area contributed by atoms with E-state index >= 15 is 0 Å². The van der Waals surface area contributed by atoms with Crippen LogP contribution in [0.1, 0.15) is 27.6 Å². The average molecular weight is 366 g/mol. The summed E-state index contributed by atoms with van der Waals surface area (Å²) in [6.07, 6.45) is 0. The first kappa shape index (κ1) is 18.4. The molecule has 4 heteroatoms. The molecule has 0 saturated carbocycles. The molecule has 3 rings (SSSR count). The van der Waals surface area contributed by atoms with E-state index in [-0.39, 0.29) is 11.9 Å². The van der Waals surface area contributed by atoms with Gasteiger partial charge in [-0.2, -0.15) is 0 Å². The van der Waals surface area contributed by atoms with E-state index in [2.05, 4.69) is 61.8 Å². The van der Waals surface area contributed by atoms with Crippen LogP contribution >= 0.6 is 11.3 Å². The molecule has 0 radical (unpaired) electrons. The fraction of sp³-hybridized carbons (Fsp3) is 0.227. The molecular formula is C22H25N2OS+. The lowest BCUT2D eigenvalue weighted by atomic mass is 10.1. The molecule has 1 unspecified atom stereocenters. The van der Waals surface area contributed by atoms with Gasteiger partial charge in [0.25, 0.3) is 5.91 Å². The summed E-state index contributed by atoms with van der Waals surface area (Å²) in [6.45, 7) is 3.37. The molecule has 0 aliphatic heterocycles. The van der Waals surface area contributed by atoms with Crippen molar-refractivity contribution in [2.75, 3.05) is 13.6 Å². The second kappa shape index (κ2) is 8.79. The molecule has 26 heavy (non-hydrogen) atoms. The Bertz CT molecular complexity index is 813. The molecule has 134 valence electrons. The molecule has 1 amide bonds. The number of rotatable bonds is 7. The van der Waals surface area contributed by atoms with Crippen LogP contribution in [0.25, 0.3) is 0 Å². The first-order valence-corrected chi connectivity index (χ1v) is 9.74. The van der Waals surface area contributed by atoms with Gasteiger partial charge in [0.05, 0.1) is 13.1 Å². The minimum absolute atomic E-state index is 0.0665. The summed E-state index contributed by atoms with van der Waals surface area (Å²) in [5.74, 6) is 0.0665. The van der Waals surface area contributed by atoms with Crippen molar-refractivity contribution in [3.63, 3.8) is 0 Å². The Morgan fingerprint density at radius 3 is 2.42 bits per heavy atom. The van der Waals surface area contributed by atoms with E-state index in [1.54, 1.807) is 11.3 Å². The molecule has 0 saturated heterocycles. The quantitative estimate of drug-likeness (QED) is 0.663.